The second kappa shape index (κ2) is 8.76. The van der Waals surface area contributed by atoms with Crippen molar-refractivity contribution < 1.29 is 4.79 Å². The fourth-order valence-electron chi connectivity index (χ4n) is 4.25. The molecule has 148 valence electrons. The number of carbonyl (C=O) groups is 1. The highest BCUT2D eigenvalue weighted by molar-refractivity contribution is 6.06. The van der Waals surface area contributed by atoms with E-state index in [1.807, 2.05) is 30.3 Å². The minimum Gasteiger partial charge on any atom is -0.339 e. The summed E-state index contributed by atoms with van der Waals surface area (Å²) in [5, 5.41) is 4.46. The van der Waals surface area contributed by atoms with Gasteiger partial charge in [0, 0.05) is 30.7 Å². The van der Waals surface area contributed by atoms with Crippen LogP contribution >= 0.6 is 24.8 Å². The largest absolute Gasteiger partial charge is 0.339 e. The van der Waals surface area contributed by atoms with Crippen molar-refractivity contribution in [2.75, 3.05) is 26.2 Å². The zero-order valence-corrected chi connectivity index (χ0v) is 17.7. The molecule has 4 rings (SSSR count). The van der Waals surface area contributed by atoms with E-state index in [1.54, 1.807) is 0 Å². The van der Waals surface area contributed by atoms with Crippen LogP contribution in [0.15, 0.2) is 30.3 Å². The third-order valence-electron chi connectivity index (χ3n) is 6.00. The Balaban J connectivity index is 0.00000131. The quantitative estimate of drug-likeness (QED) is 0.798. The lowest BCUT2D eigenvalue weighted by Crippen LogP contribution is -2.44. The molecule has 0 aliphatic carbocycles. The predicted molar refractivity (Wildman–Crippen MR) is 115 cm³/mol. The van der Waals surface area contributed by atoms with Crippen LogP contribution in [0.25, 0.3) is 10.9 Å². The maximum atomic E-state index is 13.3. The molecule has 27 heavy (non-hydrogen) atoms. The maximum absolute atomic E-state index is 13.3. The molecule has 1 aromatic heterocycles. The minimum atomic E-state index is 0. The van der Waals surface area contributed by atoms with Crippen molar-refractivity contribution in [3.8, 4) is 0 Å². The van der Waals surface area contributed by atoms with Gasteiger partial charge in [-0.1, -0.05) is 32.0 Å². The fraction of sp³-hybridized carbons (Fsp3) is 0.524. The number of nitrogens with one attached hydrogen (secondary N) is 1. The zero-order chi connectivity index (χ0) is 17.4. The van der Waals surface area contributed by atoms with Crippen LogP contribution in [0.3, 0.4) is 0 Å². The molecule has 1 amide bonds. The van der Waals surface area contributed by atoms with Gasteiger partial charge in [-0.15, -0.1) is 24.8 Å². The number of piperidine rings is 1. The number of aromatic nitrogens is 1. The van der Waals surface area contributed by atoms with Crippen LogP contribution in [-0.2, 0) is 0 Å². The van der Waals surface area contributed by atoms with Gasteiger partial charge in [0.25, 0.3) is 5.91 Å². The zero-order valence-electron chi connectivity index (χ0n) is 16.0. The van der Waals surface area contributed by atoms with E-state index in [9.17, 15) is 4.79 Å². The first-order chi connectivity index (χ1) is 12.1. The number of carbonyl (C=O) groups excluding carboxylic acids is 1. The van der Waals surface area contributed by atoms with E-state index >= 15 is 0 Å². The first-order valence-electron chi connectivity index (χ1n) is 9.48. The molecule has 0 atom stereocenters. The highest BCUT2D eigenvalue weighted by atomic mass is 35.5. The van der Waals surface area contributed by atoms with Gasteiger partial charge in [0.15, 0.2) is 0 Å². The van der Waals surface area contributed by atoms with Crippen LogP contribution in [0.2, 0.25) is 0 Å². The Bertz CT molecular complexity index is 793. The summed E-state index contributed by atoms with van der Waals surface area (Å²) in [6, 6.07) is 10.0. The first-order valence-corrected chi connectivity index (χ1v) is 9.48. The number of hydrogen-bond acceptors (Lipinski definition) is 3. The predicted octanol–water partition coefficient (Wildman–Crippen LogP) is 4.42. The fourth-order valence-corrected chi connectivity index (χ4v) is 4.25. The van der Waals surface area contributed by atoms with E-state index in [0.29, 0.717) is 11.3 Å². The van der Waals surface area contributed by atoms with E-state index in [1.165, 1.54) is 6.42 Å². The highest BCUT2D eigenvalue weighted by Gasteiger charge is 2.38. The van der Waals surface area contributed by atoms with E-state index in [-0.39, 0.29) is 30.7 Å². The standard InChI is InChI=1S/C21H27N3O.2ClH/c1-15(2)19-13-17(16-5-3-4-6-18(16)23-19)20(25)24-11-8-21(9-12-24)7-10-22-14-21;;/h3-6,13,15,22H,7-12,14H2,1-2H3;2*1H. The summed E-state index contributed by atoms with van der Waals surface area (Å²) in [5.74, 6) is 0.478. The van der Waals surface area contributed by atoms with Gasteiger partial charge in [0.05, 0.1) is 11.1 Å². The lowest BCUT2D eigenvalue weighted by atomic mass is 9.77. The number of pyridine rings is 1. The van der Waals surface area contributed by atoms with Crippen molar-refractivity contribution in [1.29, 1.82) is 0 Å². The Hall–Kier alpha value is -1.36. The number of halogens is 2. The molecule has 1 N–H and O–H groups in total. The van der Waals surface area contributed by atoms with Crippen LogP contribution in [-0.4, -0.2) is 42.0 Å². The van der Waals surface area contributed by atoms with Gasteiger partial charge in [-0.05, 0) is 49.3 Å². The number of benzene rings is 1. The molecule has 1 aromatic carbocycles. The molecule has 0 saturated carbocycles. The van der Waals surface area contributed by atoms with E-state index in [2.05, 4.69) is 24.1 Å². The maximum Gasteiger partial charge on any atom is 0.254 e. The average Bonchev–Trinajstić information content (AvgIpc) is 3.09. The van der Waals surface area contributed by atoms with Crippen LogP contribution in [0, 0.1) is 5.41 Å². The number of fused-ring (bicyclic) bond motifs is 1. The Morgan fingerprint density at radius 1 is 1.15 bits per heavy atom. The number of likely N-dealkylation sites (tertiary alicyclic amines) is 1. The Morgan fingerprint density at radius 2 is 1.85 bits per heavy atom. The molecule has 2 aliphatic heterocycles. The van der Waals surface area contributed by atoms with Crippen LogP contribution in [0.5, 0.6) is 0 Å². The molecule has 6 heteroatoms. The van der Waals surface area contributed by atoms with Gasteiger partial charge < -0.3 is 10.2 Å². The SMILES string of the molecule is CC(C)c1cc(C(=O)N2CCC3(CCNC3)CC2)c2ccccc2n1.Cl.Cl. The topological polar surface area (TPSA) is 45.2 Å². The summed E-state index contributed by atoms with van der Waals surface area (Å²) in [6.07, 6.45) is 3.49. The first kappa shape index (κ1) is 21.9. The lowest BCUT2D eigenvalue weighted by molar-refractivity contribution is 0.0609. The van der Waals surface area contributed by atoms with Crippen molar-refractivity contribution in [1.82, 2.24) is 15.2 Å². The van der Waals surface area contributed by atoms with E-state index in [0.717, 1.165) is 61.2 Å². The number of nitrogens with zero attached hydrogens (tertiary/aromatic N) is 2. The van der Waals surface area contributed by atoms with Crippen LogP contribution in [0.4, 0.5) is 0 Å². The van der Waals surface area contributed by atoms with Gasteiger partial charge in [-0.25, -0.2) is 0 Å². The van der Waals surface area contributed by atoms with Crippen molar-refractivity contribution in [3.63, 3.8) is 0 Å². The molecule has 1 spiro atoms. The summed E-state index contributed by atoms with van der Waals surface area (Å²) >= 11 is 0. The van der Waals surface area contributed by atoms with Gasteiger partial charge in [0.2, 0.25) is 0 Å². The van der Waals surface area contributed by atoms with Gasteiger partial charge in [-0.2, -0.15) is 0 Å². The van der Waals surface area contributed by atoms with Crippen molar-refractivity contribution in [2.45, 2.75) is 39.0 Å². The summed E-state index contributed by atoms with van der Waals surface area (Å²) in [4.78, 5) is 20.1. The minimum absolute atomic E-state index is 0. The van der Waals surface area contributed by atoms with Gasteiger partial charge in [0.1, 0.15) is 0 Å². The summed E-state index contributed by atoms with van der Waals surface area (Å²) in [5.41, 5.74) is 3.16. The molecule has 2 fully saturated rings. The number of para-hydroxylation sites is 1. The van der Waals surface area contributed by atoms with Crippen molar-refractivity contribution in [3.05, 3.63) is 41.6 Å². The third kappa shape index (κ3) is 4.23. The van der Waals surface area contributed by atoms with Gasteiger partial charge in [-0.3, -0.25) is 9.78 Å². The number of rotatable bonds is 2. The Kier molecular flexibility index (Phi) is 7.12. The molecular weight excluding hydrogens is 381 g/mol. The average molecular weight is 410 g/mol. The van der Waals surface area contributed by atoms with Crippen molar-refractivity contribution >= 4 is 41.6 Å². The molecule has 0 bridgehead atoms. The number of hydrogen-bond donors (Lipinski definition) is 1. The highest BCUT2D eigenvalue weighted by Crippen LogP contribution is 2.37. The molecule has 2 saturated heterocycles. The summed E-state index contributed by atoms with van der Waals surface area (Å²) < 4.78 is 0. The smallest absolute Gasteiger partial charge is 0.254 e. The lowest BCUT2D eigenvalue weighted by Gasteiger charge is -2.39. The van der Waals surface area contributed by atoms with Crippen molar-refractivity contribution in [2.24, 2.45) is 5.41 Å². The molecule has 2 aliphatic rings. The normalized spacial score (nSPS) is 18.4. The van der Waals surface area contributed by atoms with Gasteiger partial charge >= 0.3 is 0 Å². The van der Waals surface area contributed by atoms with Crippen LogP contribution in [0.1, 0.15) is 55.1 Å². The molecule has 4 nitrogen and oxygen atoms in total. The monoisotopic (exact) mass is 409 g/mol. The molecule has 2 aromatic rings. The second-order valence-corrected chi connectivity index (χ2v) is 7.99. The second-order valence-electron chi connectivity index (χ2n) is 7.99. The molecule has 0 radical (unpaired) electrons. The molecular formula is C21H29Cl2N3O. The molecule has 3 heterocycles. The third-order valence-corrected chi connectivity index (χ3v) is 6.00. The van der Waals surface area contributed by atoms with E-state index < -0.39 is 0 Å². The summed E-state index contributed by atoms with van der Waals surface area (Å²) in [6.45, 7) is 8.24. The van der Waals surface area contributed by atoms with Crippen LogP contribution < -0.4 is 5.32 Å². The van der Waals surface area contributed by atoms with E-state index in [4.69, 9.17) is 4.98 Å². The Morgan fingerprint density at radius 3 is 2.48 bits per heavy atom. The molecule has 0 unspecified atom stereocenters. The Labute approximate surface area is 173 Å². The summed E-state index contributed by atoms with van der Waals surface area (Å²) in [7, 11) is 0. The number of amides is 1.